The van der Waals surface area contributed by atoms with Crippen molar-refractivity contribution in [2.24, 2.45) is 17.1 Å². The van der Waals surface area contributed by atoms with Crippen LogP contribution >= 0.6 is 11.6 Å². The number of piperidine rings is 1. The molecule has 1 atom stereocenters. The predicted octanol–water partition coefficient (Wildman–Crippen LogP) is 3.80. The maximum atomic E-state index is 12.7. The van der Waals surface area contributed by atoms with Gasteiger partial charge in [-0.15, -0.1) is 0 Å². The van der Waals surface area contributed by atoms with E-state index in [1.54, 1.807) is 30.6 Å². The first-order valence-corrected chi connectivity index (χ1v) is 11.5. The number of nitrogens with zero attached hydrogens (tertiary/aromatic N) is 4. The van der Waals surface area contributed by atoms with Crippen LogP contribution in [0.15, 0.2) is 36.9 Å². The van der Waals surface area contributed by atoms with Crippen LogP contribution in [0.5, 0.6) is 0 Å². The second-order valence-corrected chi connectivity index (χ2v) is 9.51. The molecule has 2 N–H and O–H groups in total. The summed E-state index contributed by atoms with van der Waals surface area (Å²) in [6, 6.07) is 6.49. The van der Waals surface area contributed by atoms with Crippen LogP contribution in [0.4, 0.5) is 0 Å². The van der Waals surface area contributed by atoms with Crippen molar-refractivity contribution in [3.05, 3.63) is 47.5 Å². The van der Waals surface area contributed by atoms with Crippen LogP contribution in [-0.2, 0) is 6.54 Å². The monoisotopic (exact) mass is 429 g/mol. The molecule has 30 heavy (non-hydrogen) atoms. The van der Waals surface area contributed by atoms with E-state index in [4.69, 9.17) is 17.3 Å². The molecule has 2 fully saturated rings. The maximum absolute atomic E-state index is 12.7. The Kier molecular flexibility index (Phi) is 6.86. The summed E-state index contributed by atoms with van der Waals surface area (Å²) in [6.07, 6.45) is 12.4. The van der Waals surface area contributed by atoms with Crippen LogP contribution in [0.2, 0.25) is 5.02 Å². The average Bonchev–Trinajstić information content (AvgIpc) is 3.29. The molecule has 1 aromatic heterocycles. The minimum atomic E-state index is -0.510. The molecule has 1 saturated heterocycles. The van der Waals surface area contributed by atoms with Gasteiger partial charge in [-0.25, -0.2) is 4.98 Å². The van der Waals surface area contributed by atoms with Gasteiger partial charge in [0.05, 0.1) is 6.04 Å². The third kappa shape index (κ3) is 4.93. The van der Waals surface area contributed by atoms with Crippen molar-refractivity contribution >= 4 is 17.4 Å². The van der Waals surface area contributed by atoms with E-state index in [9.17, 15) is 4.79 Å². The second-order valence-electron chi connectivity index (χ2n) is 9.07. The lowest BCUT2D eigenvalue weighted by Crippen LogP contribution is -2.50. The van der Waals surface area contributed by atoms with E-state index in [-0.39, 0.29) is 11.2 Å². The fraction of sp³-hybridized carbons (Fsp3) is 0.609. The summed E-state index contributed by atoms with van der Waals surface area (Å²) in [7, 11) is 0. The number of hydrogen-bond donors (Lipinski definition) is 1. The molecule has 1 saturated carbocycles. The quantitative estimate of drug-likeness (QED) is 0.677. The Morgan fingerprint density at radius 3 is 2.50 bits per heavy atom. The number of halogens is 1. The van der Waals surface area contributed by atoms with Gasteiger partial charge in [0.25, 0.3) is 0 Å². The van der Waals surface area contributed by atoms with E-state index in [2.05, 4.69) is 15.0 Å². The van der Waals surface area contributed by atoms with Crippen LogP contribution < -0.4 is 5.73 Å². The van der Waals surface area contributed by atoms with Crippen molar-refractivity contribution in [1.82, 2.24) is 19.7 Å². The van der Waals surface area contributed by atoms with Gasteiger partial charge in [-0.2, -0.15) is 5.10 Å². The zero-order valence-corrected chi connectivity index (χ0v) is 18.3. The first kappa shape index (κ1) is 21.5. The minimum absolute atomic E-state index is 0.0154. The summed E-state index contributed by atoms with van der Waals surface area (Å²) in [6.45, 7) is 3.51. The molecular formula is C23H32ClN5O. The summed E-state index contributed by atoms with van der Waals surface area (Å²) < 4.78 is 2.01. The van der Waals surface area contributed by atoms with Gasteiger partial charge in [-0.05, 0) is 74.4 Å². The first-order chi connectivity index (χ1) is 14.6. The Balaban J connectivity index is 1.38. The van der Waals surface area contributed by atoms with Crippen molar-refractivity contribution < 1.29 is 4.79 Å². The highest BCUT2D eigenvalue weighted by atomic mass is 35.5. The Morgan fingerprint density at radius 2 is 1.87 bits per heavy atom. The number of likely N-dealkylation sites (tertiary alicyclic amines) is 1. The van der Waals surface area contributed by atoms with Crippen LogP contribution in [0.1, 0.15) is 55.3 Å². The highest BCUT2D eigenvalue weighted by Crippen LogP contribution is 2.46. The molecule has 0 unspecified atom stereocenters. The molecule has 0 bridgehead atoms. The van der Waals surface area contributed by atoms with Crippen molar-refractivity contribution in [3.8, 4) is 0 Å². The first-order valence-electron chi connectivity index (χ1n) is 11.2. The van der Waals surface area contributed by atoms with Crippen molar-refractivity contribution in [2.45, 2.75) is 57.5 Å². The summed E-state index contributed by atoms with van der Waals surface area (Å²) in [4.78, 5) is 19.2. The minimum Gasteiger partial charge on any atom is -0.320 e. The number of ketones is 1. The molecule has 162 valence electrons. The highest BCUT2D eigenvalue weighted by molar-refractivity contribution is 6.30. The van der Waals surface area contributed by atoms with Gasteiger partial charge in [0.15, 0.2) is 5.78 Å². The summed E-state index contributed by atoms with van der Waals surface area (Å²) in [5, 5.41) is 5.03. The van der Waals surface area contributed by atoms with E-state index in [1.807, 2.05) is 11.0 Å². The number of benzene rings is 1. The average molecular weight is 430 g/mol. The molecule has 1 aliphatic carbocycles. The van der Waals surface area contributed by atoms with Crippen LogP contribution in [-0.4, -0.2) is 51.1 Å². The smallest absolute Gasteiger partial charge is 0.180 e. The predicted molar refractivity (Wildman–Crippen MR) is 118 cm³/mol. The molecule has 2 aliphatic rings. The Bertz CT molecular complexity index is 809. The van der Waals surface area contributed by atoms with E-state index in [0.29, 0.717) is 17.1 Å². The lowest BCUT2D eigenvalue weighted by molar-refractivity contribution is 0.0101. The third-order valence-corrected chi connectivity index (χ3v) is 7.44. The van der Waals surface area contributed by atoms with E-state index >= 15 is 0 Å². The zero-order valence-electron chi connectivity index (χ0n) is 17.5. The zero-order chi connectivity index (χ0) is 21.0. The van der Waals surface area contributed by atoms with Gasteiger partial charge in [0, 0.05) is 23.7 Å². The molecule has 6 nitrogen and oxygen atoms in total. The number of nitrogens with two attached hydrogens (primary N) is 1. The van der Waals surface area contributed by atoms with Gasteiger partial charge in [0.1, 0.15) is 12.7 Å². The van der Waals surface area contributed by atoms with Crippen LogP contribution in [0.25, 0.3) is 0 Å². The lowest BCUT2D eigenvalue weighted by Gasteiger charge is -2.48. The molecule has 2 heterocycles. The molecule has 0 spiro atoms. The number of rotatable bonds is 7. The number of Topliss-reactive ketones (excluding diaryl/α,β-unsaturated/α-hetero) is 1. The Labute approximate surface area is 183 Å². The molecule has 2 aromatic rings. The van der Waals surface area contributed by atoms with E-state index in [1.165, 1.54) is 32.1 Å². The van der Waals surface area contributed by atoms with E-state index < -0.39 is 6.04 Å². The maximum Gasteiger partial charge on any atom is 0.180 e. The van der Waals surface area contributed by atoms with Crippen molar-refractivity contribution in [3.63, 3.8) is 0 Å². The summed E-state index contributed by atoms with van der Waals surface area (Å²) >= 11 is 5.93. The molecular weight excluding hydrogens is 398 g/mol. The lowest BCUT2D eigenvalue weighted by atomic mass is 9.63. The fourth-order valence-corrected chi connectivity index (χ4v) is 5.54. The standard InChI is InChI=1S/C23H32ClN5O/c24-20-8-6-18(7-9-20)22(30)21(25)14-28-12-10-23(11-13-28,15-29-17-26-16-27-29)19-4-2-1-3-5-19/h6-9,16-17,19,21H,1-5,10-15,25H2/t21-/m1/s1. The summed E-state index contributed by atoms with van der Waals surface area (Å²) in [5.41, 5.74) is 7.20. The van der Waals surface area contributed by atoms with Gasteiger partial charge < -0.3 is 10.6 Å². The highest BCUT2D eigenvalue weighted by Gasteiger charge is 2.42. The molecule has 7 heteroatoms. The molecule has 0 amide bonds. The van der Waals surface area contributed by atoms with Crippen molar-refractivity contribution in [2.75, 3.05) is 19.6 Å². The number of aromatic nitrogens is 3. The van der Waals surface area contributed by atoms with Crippen LogP contribution in [0, 0.1) is 11.3 Å². The summed E-state index contributed by atoms with van der Waals surface area (Å²) in [5.74, 6) is 0.736. The van der Waals surface area contributed by atoms with E-state index in [0.717, 1.165) is 38.4 Å². The second kappa shape index (κ2) is 9.58. The van der Waals surface area contributed by atoms with Gasteiger partial charge >= 0.3 is 0 Å². The number of carbonyl (C=O) groups excluding carboxylic acids is 1. The Hall–Kier alpha value is -1.76. The van der Waals surface area contributed by atoms with Gasteiger partial charge in [-0.1, -0.05) is 30.9 Å². The van der Waals surface area contributed by atoms with Gasteiger partial charge in [-0.3, -0.25) is 9.48 Å². The molecule has 1 aromatic carbocycles. The third-order valence-electron chi connectivity index (χ3n) is 7.19. The Morgan fingerprint density at radius 1 is 1.17 bits per heavy atom. The number of hydrogen-bond acceptors (Lipinski definition) is 5. The molecule has 1 aliphatic heterocycles. The van der Waals surface area contributed by atoms with Crippen molar-refractivity contribution in [1.29, 1.82) is 0 Å². The molecule has 4 rings (SSSR count). The van der Waals surface area contributed by atoms with Gasteiger partial charge in [0.2, 0.25) is 0 Å². The van der Waals surface area contributed by atoms with Crippen LogP contribution in [0.3, 0.4) is 0 Å². The SMILES string of the molecule is N[C@H](CN1CCC(Cn2cncn2)(C2CCCCC2)CC1)C(=O)c1ccc(Cl)cc1. The normalized spacial score (nSPS) is 21.4. The largest absolute Gasteiger partial charge is 0.320 e. The fourth-order valence-electron chi connectivity index (χ4n) is 5.42. The topological polar surface area (TPSA) is 77.0 Å². The molecule has 0 radical (unpaired) electrons. The number of carbonyl (C=O) groups is 1.